The summed E-state index contributed by atoms with van der Waals surface area (Å²) in [4.78, 5) is 0. The molecule has 1 fully saturated rings. The highest BCUT2D eigenvalue weighted by molar-refractivity contribution is 8.00. The van der Waals surface area contributed by atoms with E-state index < -0.39 is 11.7 Å². The lowest BCUT2D eigenvalue weighted by molar-refractivity contribution is -0.137. The van der Waals surface area contributed by atoms with Crippen LogP contribution in [0.5, 0.6) is 0 Å². The van der Waals surface area contributed by atoms with Gasteiger partial charge in [-0.2, -0.15) is 24.9 Å². The third-order valence-corrected chi connectivity index (χ3v) is 4.88. The summed E-state index contributed by atoms with van der Waals surface area (Å²) in [6, 6.07) is 5.44. The van der Waals surface area contributed by atoms with Crippen LogP contribution < -0.4 is 11.3 Å². The molecule has 0 saturated carbocycles. The van der Waals surface area contributed by atoms with Crippen molar-refractivity contribution in [2.45, 2.75) is 36.7 Å². The number of nitrogens with two attached hydrogens (primary N) is 1. The second kappa shape index (κ2) is 6.15. The number of hydrazine groups is 1. The molecule has 0 aliphatic carbocycles. The first kappa shape index (κ1) is 14.7. The summed E-state index contributed by atoms with van der Waals surface area (Å²) in [5.41, 5.74) is 3.06. The van der Waals surface area contributed by atoms with Crippen LogP contribution in [0.3, 0.4) is 0 Å². The molecule has 1 aliphatic rings. The van der Waals surface area contributed by atoms with E-state index in [0.717, 1.165) is 29.9 Å². The third-order valence-electron chi connectivity index (χ3n) is 3.36. The topological polar surface area (TPSA) is 38.0 Å². The Kier molecular flexibility index (Phi) is 4.76. The molecular formula is C13H17F3N2S. The number of alkyl halides is 3. The Morgan fingerprint density at radius 3 is 2.47 bits per heavy atom. The molecule has 0 radical (unpaired) electrons. The van der Waals surface area contributed by atoms with Crippen molar-refractivity contribution >= 4 is 11.8 Å². The number of thioether (sulfide) groups is 1. The molecule has 1 aliphatic heterocycles. The van der Waals surface area contributed by atoms with Crippen LogP contribution in [0.4, 0.5) is 13.2 Å². The van der Waals surface area contributed by atoms with Crippen LogP contribution in [0.1, 0.15) is 24.0 Å². The average Bonchev–Trinajstić information content (AvgIpc) is 2.89. The summed E-state index contributed by atoms with van der Waals surface area (Å²) >= 11 is 1.88. The van der Waals surface area contributed by atoms with E-state index in [0.29, 0.717) is 11.7 Å². The van der Waals surface area contributed by atoms with Crippen LogP contribution >= 0.6 is 11.8 Å². The maximum absolute atomic E-state index is 12.5. The summed E-state index contributed by atoms with van der Waals surface area (Å²) in [6.07, 6.45) is -1.32. The largest absolute Gasteiger partial charge is 0.416 e. The van der Waals surface area contributed by atoms with Crippen molar-refractivity contribution in [1.82, 2.24) is 5.43 Å². The van der Waals surface area contributed by atoms with Gasteiger partial charge in [-0.3, -0.25) is 11.3 Å². The zero-order chi connectivity index (χ0) is 13.9. The average molecular weight is 290 g/mol. The molecule has 2 nitrogen and oxygen atoms in total. The maximum Gasteiger partial charge on any atom is 0.416 e. The SMILES string of the molecule is NNC(Cc1ccc(C(F)(F)F)cc1)C1CCCS1. The van der Waals surface area contributed by atoms with E-state index in [1.807, 2.05) is 11.8 Å². The molecule has 106 valence electrons. The highest BCUT2D eigenvalue weighted by Gasteiger charge is 2.30. The van der Waals surface area contributed by atoms with Gasteiger partial charge < -0.3 is 0 Å². The third kappa shape index (κ3) is 3.87. The van der Waals surface area contributed by atoms with Gasteiger partial charge in [0.05, 0.1) is 5.56 Å². The van der Waals surface area contributed by atoms with E-state index in [1.54, 1.807) is 0 Å². The molecule has 0 spiro atoms. The van der Waals surface area contributed by atoms with Gasteiger partial charge in [0.25, 0.3) is 0 Å². The lowest BCUT2D eigenvalue weighted by atomic mass is 10.0. The van der Waals surface area contributed by atoms with Gasteiger partial charge >= 0.3 is 6.18 Å². The van der Waals surface area contributed by atoms with Crippen molar-refractivity contribution in [2.24, 2.45) is 5.84 Å². The van der Waals surface area contributed by atoms with Gasteiger partial charge in [-0.15, -0.1) is 0 Å². The van der Waals surface area contributed by atoms with Gasteiger partial charge in [0.15, 0.2) is 0 Å². The smallest absolute Gasteiger partial charge is 0.271 e. The minimum absolute atomic E-state index is 0.115. The Hall–Kier alpha value is -0.720. The second-order valence-corrected chi connectivity index (χ2v) is 6.07. The first-order chi connectivity index (χ1) is 9.00. The Balaban J connectivity index is 2.01. The van der Waals surface area contributed by atoms with Crippen molar-refractivity contribution in [3.8, 4) is 0 Å². The van der Waals surface area contributed by atoms with Crippen LogP contribution in [-0.2, 0) is 12.6 Å². The standard InChI is InChI=1S/C13H17F3N2S/c14-13(15,16)10-5-3-9(4-6-10)8-11(18-17)12-2-1-7-19-12/h3-6,11-12,18H,1-2,7-8,17H2. The van der Waals surface area contributed by atoms with Crippen molar-refractivity contribution in [3.05, 3.63) is 35.4 Å². The van der Waals surface area contributed by atoms with E-state index in [9.17, 15) is 13.2 Å². The summed E-state index contributed by atoms with van der Waals surface area (Å²) in [7, 11) is 0. The molecule has 2 atom stereocenters. The predicted octanol–water partition coefficient (Wildman–Crippen LogP) is 2.98. The maximum atomic E-state index is 12.5. The summed E-state index contributed by atoms with van der Waals surface area (Å²) in [5, 5.41) is 0.451. The van der Waals surface area contributed by atoms with Crippen molar-refractivity contribution < 1.29 is 13.2 Å². The molecule has 0 bridgehead atoms. The number of hydrogen-bond donors (Lipinski definition) is 2. The zero-order valence-electron chi connectivity index (χ0n) is 10.4. The lowest BCUT2D eigenvalue weighted by Crippen LogP contribution is -2.43. The minimum atomic E-state index is -4.27. The Bertz CT molecular complexity index is 399. The normalized spacial score (nSPS) is 21.6. The van der Waals surface area contributed by atoms with Gasteiger partial charge in [-0.25, -0.2) is 0 Å². The van der Waals surface area contributed by atoms with Gasteiger partial charge in [0.1, 0.15) is 0 Å². The lowest BCUT2D eigenvalue weighted by Gasteiger charge is -2.22. The second-order valence-electron chi connectivity index (χ2n) is 4.72. The number of nitrogens with one attached hydrogen (secondary N) is 1. The minimum Gasteiger partial charge on any atom is -0.271 e. The Morgan fingerprint density at radius 2 is 2.00 bits per heavy atom. The molecule has 1 heterocycles. The zero-order valence-corrected chi connectivity index (χ0v) is 11.2. The molecular weight excluding hydrogens is 273 g/mol. The van der Waals surface area contributed by atoms with Crippen molar-refractivity contribution in [2.75, 3.05) is 5.75 Å². The first-order valence-corrected chi connectivity index (χ1v) is 7.29. The van der Waals surface area contributed by atoms with Crippen molar-refractivity contribution in [1.29, 1.82) is 0 Å². The molecule has 2 unspecified atom stereocenters. The summed E-state index contributed by atoms with van der Waals surface area (Å²) in [5.74, 6) is 6.69. The quantitative estimate of drug-likeness (QED) is 0.661. The van der Waals surface area contributed by atoms with E-state index in [-0.39, 0.29) is 6.04 Å². The molecule has 1 saturated heterocycles. The van der Waals surface area contributed by atoms with E-state index >= 15 is 0 Å². The first-order valence-electron chi connectivity index (χ1n) is 6.24. The van der Waals surface area contributed by atoms with E-state index in [1.165, 1.54) is 18.6 Å². The molecule has 6 heteroatoms. The van der Waals surface area contributed by atoms with E-state index in [2.05, 4.69) is 5.43 Å². The molecule has 1 aromatic rings. The molecule has 3 N–H and O–H groups in total. The summed E-state index contributed by atoms with van der Waals surface area (Å²) < 4.78 is 37.4. The molecule has 19 heavy (non-hydrogen) atoms. The number of hydrogen-bond acceptors (Lipinski definition) is 3. The number of benzene rings is 1. The molecule has 0 aromatic heterocycles. The Morgan fingerprint density at radius 1 is 1.32 bits per heavy atom. The highest BCUT2D eigenvalue weighted by Crippen LogP contribution is 2.31. The van der Waals surface area contributed by atoms with Gasteiger partial charge in [0.2, 0.25) is 0 Å². The van der Waals surface area contributed by atoms with Crippen molar-refractivity contribution in [3.63, 3.8) is 0 Å². The predicted molar refractivity (Wildman–Crippen MR) is 71.7 cm³/mol. The van der Waals surface area contributed by atoms with Gasteiger partial charge in [-0.1, -0.05) is 12.1 Å². The van der Waals surface area contributed by atoms with Crippen LogP contribution in [0.2, 0.25) is 0 Å². The highest BCUT2D eigenvalue weighted by atomic mass is 32.2. The molecule has 2 rings (SSSR count). The fraction of sp³-hybridized carbons (Fsp3) is 0.538. The molecule has 1 aromatic carbocycles. The fourth-order valence-corrected chi connectivity index (χ4v) is 3.68. The molecule has 0 amide bonds. The summed E-state index contributed by atoms with van der Waals surface area (Å²) in [6.45, 7) is 0. The van der Waals surface area contributed by atoms with Crippen LogP contribution in [0.15, 0.2) is 24.3 Å². The van der Waals surface area contributed by atoms with Crippen LogP contribution in [0.25, 0.3) is 0 Å². The van der Waals surface area contributed by atoms with E-state index in [4.69, 9.17) is 5.84 Å². The van der Waals surface area contributed by atoms with Gasteiger partial charge in [0, 0.05) is 11.3 Å². The van der Waals surface area contributed by atoms with Crippen LogP contribution in [-0.4, -0.2) is 17.0 Å². The number of rotatable bonds is 4. The fourth-order valence-electron chi connectivity index (χ4n) is 2.30. The monoisotopic (exact) mass is 290 g/mol. The van der Waals surface area contributed by atoms with Gasteiger partial charge in [-0.05, 0) is 42.7 Å². The Labute approximate surface area is 114 Å². The van der Waals surface area contributed by atoms with Crippen LogP contribution in [0, 0.1) is 0 Å². The number of halogens is 3.